The van der Waals surface area contributed by atoms with Gasteiger partial charge in [0.25, 0.3) is 0 Å². The number of benzene rings is 8. The Morgan fingerprint density at radius 1 is 0.375 bits per heavy atom. The number of allylic oxidation sites excluding steroid dienone is 5. The smallest absolute Gasteiger partial charge is 0.161 e. The van der Waals surface area contributed by atoms with Crippen molar-refractivity contribution in [3.63, 3.8) is 0 Å². The zero-order chi connectivity index (χ0) is 42.4. The molecule has 0 atom stereocenters. The van der Waals surface area contributed by atoms with Gasteiger partial charge in [-0.05, 0) is 84.9 Å². The number of fused-ring (bicyclic) bond motifs is 8. The van der Waals surface area contributed by atoms with E-state index < -0.39 is 0 Å². The summed E-state index contributed by atoms with van der Waals surface area (Å²) in [6, 6.07) is 66.7. The van der Waals surface area contributed by atoms with Crippen LogP contribution in [0.25, 0.3) is 49.3 Å². The minimum absolute atomic E-state index is 0.555. The molecule has 4 heterocycles. The number of rotatable bonds is 5. The van der Waals surface area contributed by atoms with Gasteiger partial charge in [-0.1, -0.05) is 133 Å². The Kier molecular flexibility index (Phi) is 9.01. The van der Waals surface area contributed by atoms with Gasteiger partial charge in [0.1, 0.15) is 0 Å². The van der Waals surface area contributed by atoms with Crippen LogP contribution in [0.5, 0.6) is 0 Å². The highest BCUT2D eigenvalue weighted by atomic mass is 15.3. The molecule has 2 aliphatic rings. The number of nitrogens with zero attached hydrogens (tertiary/aromatic N) is 6. The van der Waals surface area contributed by atoms with Crippen LogP contribution < -0.4 is 9.80 Å². The SMILES string of the molecule is C1=C/C=C/C=NC(c2ccccc2)=NC(c2cccc(-n3c4ccccc4c4cc5c(cc43)N(c3ccccc3)c3cc4c(cc3N5c3ccccc3)[nH]c3ccccc34)c2)=NC=C1. The number of amidine groups is 2. The number of nitrogens with one attached hydrogen (secondary N) is 1. The minimum atomic E-state index is 0.555. The van der Waals surface area contributed by atoms with E-state index in [0.29, 0.717) is 11.7 Å². The molecule has 2 aliphatic heterocycles. The van der Waals surface area contributed by atoms with E-state index in [4.69, 9.17) is 15.0 Å². The first kappa shape index (κ1) is 37.0. The number of aromatic amines is 1. The number of aliphatic imine (C=N–C) groups is 3. The van der Waals surface area contributed by atoms with Gasteiger partial charge in [-0.25, -0.2) is 15.0 Å². The monoisotopic (exact) mass is 821 g/mol. The third-order valence-electron chi connectivity index (χ3n) is 12.0. The van der Waals surface area contributed by atoms with Crippen molar-refractivity contribution in [3.8, 4) is 5.69 Å². The summed E-state index contributed by atoms with van der Waals surface area (Å²) in [5.41, 5.74) is 13.7. The maximum absolute atomic E-state index is 5.13. The third-order valence-corrected chi connectivity index (χ3v) is 12.0. The Balaban J connectivity index is 1.11. The third kappa shape index (κ3) is 6.34. The van der Waals surface area contributed by atoms with Gasteiger partial charge in [-0.15, -0.1) is 0 Å². The molecule has 10 aromatic rings. The van der Waals surface area contributed by atoms with Crippen LogP contribution >= 0.6 is 0 Å². The predicted octanol–water partition coefficient (Wildman–Crippen LogP) is 14.6. The summed E-state index contributed by atoms with van der Waals surface area (Å²) >= 11 is 0. The second-order valence-corrected chi connectivity index (χ2v) is 15.8. The highest BCUT2D eigenvalue weighted by Gasteiger charge is 2.33. The van der Waals surface area contributed by atoms with Crippen molar-refractivity contribution in [3.05, 3.63) is 236 Å². The fourth-order valence-electron chi connectivity index (χ4n) is 9.16. The average Bonchev–Trinajstić information content (AvgIpc) is 3.87. The first-order valence-electron chi connectivity index (χ1n) is 21.4. The van der Waals surface area contributed by atoms with Crippen molar-refractivity contribution in [2.75, 3.05) is 9.80 Å². The molecule has 2 aromatic heterocycles. The van der Waals surface area contributed by atoms with E-state index in [1.54, 1.807) is 12.4 Å². The molecule has 7 heteroatoms. The Hall–Kier alpha value is -8.81. The fraction of sp³-hybridized carbons (Fsp3) is 0. The van der Waals surface area contributed by atoms with Gasteiger partial charge in [0.2, 0.25) is 0 Å². The maximum atomic E-state index is 5.13. The summed E-state index contributed by atoms with van der Waals surface area (Å²) in [7, 11) is 0. The topological polar surface area (TPSA) is 64.3 Å². The lowest BCUT2D eigenvalue weighted by Crippen LogP contribution is -2.24. The average molecular weight is 822 g/mol. The van der Waals surface area contributed by atoms with Gasteiger partial charge >= 0.3 is 0 Å². The second kappa shape index (κ2) is 15.6. The van der Waals surface area contributed by atoms with Gasteiger partial charge in [-0.2, -0.15) is 0 Å². The van der Waals surface area contributed by atoms with Crippen LogP contribution in [0, 0.1) is 0 Å². The zero-order valence-electron chi connectivity index (χ0n) is 34.6. The molecule has 1 N–H and O–H groups in total. The van der Waals surface area contributed by atoms with E-state index in [0.717, 1.165) is 83.8 Å². The molecule has 0 bridgehead atoms. The highest BCUT2D eigenvalue weighted by Crippen LogP contribution is 2.57. The molecular weight excluding hydrogens is 783 g/mol. The highest BCUT2D eigenvalue weighted by molar-refractivity contribution is 6.18. The zero-order valence-corrected chi connectivity index (χ0v) is 34.6. The number of aromatic nitrogens is 2. The maximum Gasteiger partial charge on any atom is 0.161 e. The molecule has 64 heavy (non-hydrogen) atoms. The lowest BCUT2D eigenvalue weighted by molar-refractivity contribution is 1.16. The molecule has 0 unspecified atom stereocenters. The van der Waals surface area contributed by atoms with Crippen molar-refractivity contribution in [2.45, 2.75) is 0 Å². The van der Waals surface area contributed by atoms with Gasteiger partial charge in [-0.3, -0.25) is 0 Å². The van der Waals surface area contributed by atoms with Crippen LogP contribution in [-0.4, -0.2) is 27.4 Å². The largest absolute Gasteiger partial charge is 0.354 e. The Morgan fingerprint density at radius 3 is 1.75 bits per heavy atom. The molecule has 0 aliphatic carbocycles. The van der Waals surface area contributed by atoms with Gasteiger partial charge in [0, 0.05) is 73.2 Å². The molecule has 0 saturated heterocycles. The van der Waals surface area contributed by atoms with Crippen LogP contribution in [0.3, 0.4) is 0 Å². The molecule has 0 spiro atoms. The van der Waals surface area contributed by atoms with E-state index in [-0.39, 0.29) is 0 Å². The summed E-state index contributed by atoms with van der Waals surface area (Å²) in [5.74, 6) is 1.13. The van der Waals surface area contributed by atoms with Crippen molar-refractivity contribution >= 4 is 95.6 Å². The summed E-state index contributed by atoms with van der Waals surface area (Å²) < 4.78 is 2.38. The van der Waals surface area contributed by atoms with E-state index in [9.17, 15) is 0 Å². The molecule has 8 aromatic carbocycles. The molecule has 0 amide bonds. The van der Waals surface area contributed by atoms with Crippen LogP contribution in [-0.2, 0) is 0 Å². The number of hydrogen-bond donors (Lipinski definition) is 1. The molecule has 0 saturated carbocycles. The van der Waals surface area contributed by atoms with Crippen molar-refractivity contribution in [1.82, 2.24) is 9.55 Å². The second-order valence-electron chi connectivity index (χ2n) is 15.8. The summed E-state index contributed by atoms with van der Waals surface area (Å²) in [5, 5.41) is 4.68. The Morgan fingerprint density at radius 2 is 0.969 bits per heavy atom. The van der Waals surface area contributed by atoms with Crippen LogP contribution in [0.15, 0.2) is 240 Å². The minimum Gasteiger partial charge on any atom is -0.354 e. The first-order chi connectivity index (χ1) is 31.8. The summed E-state index contributed by atoms with van der Waals surface area (Å²) in [6.07, 6.45) is 13.2. The molecule has 12 rings (SSSR count). The van der Waals surface area contributed by atoms with E-state index in [1.807, 2.05) is 60.7 Å². The summed E-state index contributed by atoms with van der Waals surface area (Å²) in [6.45, 7) is 0. The van der Waals surface area contributed by atoms with Crippen LogP contribution in [0.2, 0.25) is 0 Å². The first-order valence-corrected chi connectivity index (χ1v) is 21.4. The molecular formula is C57H39N7. The predicted molar refractivity (Wildman–Crippen MR) is 268 cm³/mol. The van der Waals surface area contributed by atoms with Crippen LogP contribution in [0.1, 0.15) is 11.1 Å². The van der Waals surface area contributed by atoms with Gasteiger partial charge in [0.05, 0.1) is 33.8 Å². The lowest BCUT2D eigenvalue weighted by atomic mass is 10.0. The number of anilines is 6. The van der Waals surface area contributed by atoms with E-state index in [1.165, 1.54) is 10.8 Å². The van der Waals surface area contributed by atoms with Gasteiger partial charge < -0.3 is 19.4 Å². The van der Waals surface area contributed by atoms with E-state index >= 15 is 0 Å². The Labute approximate surface area is 369 Å². The molecule has 0 radical (unpaired) electrons. The quantitative estimate of drug-likeness (QED) is 0.188. The molecule has 302 valence electrons. The molecule has 7 nitrogen and oxygen atoms in total. The Bertz CT molecular complexity index is 3610. The van der Waals surface area contributed by atoms with Crippen molar-refractivity contribution < 1.29 is 0 Å². The molecule has 0 fully saturated rings. The van der Waals surface area contributed by atoms with Crippen molar-refractivity contribution in [2.24, 2.45) is 15.0 Å². The number of hydrogen-bond acceptors (Lipinski definition) is 5. The van der Waals surface area contributed by atoms with Crippen LogP contribution in [0.4, 0.5) is 34.1 Å². The van der Waals surface area contributed by atoms with Gasteiger partial charge in [0.15, 0.2) is 11.7 Å². The summed E-state index contributed by atoms with van der Waals surface area (Å²) in [4.78, 5) is 23.4. The lowest BCUT2D eigenvalue weighted by Gasteiger charge is -2.40. The normalized spacial score (nSPS) is 14.3. The fourth-order valence-corrected chi connectivity index (χ4v) is 9.16. The number of H-pyrrole nitrogens is 1. The van der Waals surface area contributed by atoms with E-state index in [2.05, 4.69) is 177 Å². The van der Waals surface area contributed by atoms with Crippen molar-refractivity contribution in [1.29, 1.82) is 0 Å². The number of para-hydroxylation sites is 4. The standard InChI is InChI=1S/C57H39N7/c1-2-17-32-58-56(39-20-7-4-8-21-39)61-57(59-33-18-3-1)40-22-19-27-43(34-40)64-50-31-16-14-29-45(50)47-36-53-55(38-51(47)64)63(42-25-11-6-12-26-42)52-35-46-44-28-13-15-30-48(44)60-49(46)37-54(52)62(53)41-23-9-5-10-24-41/h1-38,60H/b2-1?,3-1?,17-2+,18-3?,32-17?,33-18?,58-32?,58-56?,59-33?,59-57?,61-56?,61-57?.